The lowest BCUT2D eigenvalue weighted by Gasteiger charge is -2.34. The van der Waals surface area contributed by atoms with Gasteiger partial charge in [0, 0.05) is 34.4 Å². The molecule has 4 atom stereocenters. The second kappa shape index (κ2) is 24.0. The highest BCUT2D eigenvalue weighted by atomic mass is 32.2. The number of Topliss-reactive ketones (excluding diaryl/α,β-unsaturated/α-hetero) is 1. The summed E-state index contributed by atoms with van der Waals surface area (Å²) >= 11 is 1.67. The van der Waals surface area contributed by atoms with Crippen molar-refractivity contribution in [1.29, 1.82) is 0 Å². The topological polar surface area (TPSA) is 167 Å². The molecule has 1 aromatic rings. The molecular formula is C37H51NO13S. The SMILES string of the molecule is C=CC(=O)OCCOCCOC(C)OCC(CO)(COC(C)OCCOCCOC(=O)C=C)NCCOC1=CC2C(=O)c3ccccc3SC2C=C1. The highest BCUT2D eigenvalue weighted by Gasteiger charge is 2.36. The van der Waals surface area contributed by atoms with Crippen molar-refractivity contribution in [2.24, 2.45) is 5.92 Å². The van der Waals surface area contributed by atoms with Crippen molar-refractivity contribution in [2.75, 3.05) is 85.8 Å². The fraction of sp³-hybridized carbons (Fsp3) is 0.541. The third-order valence-corrected chi connectivity index (χ3v) is 9.00. The lowest BCUT2D eigenvalue weighted by atomic mass is 9.90. The molecule has 0 amide bonds. The molecule has 1 heterocycles. The standard InChI is InChI=1S/C37H51NO13S/c1-5-34(40)48-21-17-43-15-19-45-27(3)50-25-37(24-39,26-51-28(4)46-20-16-44-18-22-49-35(41)6-2)38-13-14-47-29-11-12-33-31(23-29)36(42)30-9-7-8-10-32(30)52-33/h5-12,23,27-28,31,33,38-39H,1-2,13-22,24-26H2,3-4H3. The van der Waals surface area contributed by atoms with Crippen LogP contribution in [0.4, 0.5) is 0 Å². The van der Waals surface area contributed by atoms with Gasteiger partial charge in [0.05, 0.1) is 70.9 Å². The third-order valence-electron chi connectivity index (χ3n) is 7.67. The first kappa shape index (κ1) is 43.0. The number of benzene rings is 1. The molecule has 0 radical (unpaired) electrons. The van der Waals surface area contributed by atoms with Crippen molar-refractivity contribution in [3.63, 3.8) is 0 Å². The highest BCUT2D eigenvalue weighted by Crippen LogP contribution is 2.41. The normalized spacial score (nSPS) is 18.6. The Hall–Kier alpha value is -3.38. The summed E-state index contributed by atoms with van der Waals surface area (Å²) in [5, 5.41) is 13.9. The zero-order valence-corrected chi connectivity index (χ0v) is 30.7. The van der Waals surface area contributed by atoms with Gasteiger partial charge in [0.15, 0.2) is 18.4 Å². The number of carbonyl (C=O) groups is 3. The van der Waals surface area contributed by atoms with Gasteiger partial charge in [-0.15, -0.1) is 11.8 Å². The van der Waals surface area contributed by atoms with Crippen LogP contribution < -0.4 is 5.32 Å². The van der Waals surface area contributed by atoms with Gasteiger partial charge in [0.25, 0.3) is 0 Å². The van der Waals surface area contributed by atoms with Gasteiger partial charge in [-0.25, -0.2) is 9.59 Å². The van der Waals surface area contributed by atoms with E-state index >= 15 is 0 Å². The zero-order valence-electron chi connectivity index (χ0n) is 29.9. The predicted octanol–water partition coefficient (Wildman–Crippen LogP) is 3.00. The minimum atomic E-state index is -1.06. The number of hydrogen-bond donors (Lipinski definition) is 2. The summed E-state index contributed by atoms with van der Waals surface area (Å²) in [5.74, 6) is -0.668. The van der Waals surface area contributed by atoms with Crippen LogP contribution in [0.5, 0.6) is 0 Å². The number of esters is 2. The Bertz CT molecular complexity index is 1310. The number of rotatable bonds is 28. The summed E-state index contributed by atoms with van der Waals surface area (Å²) in [4.78, 5) is 36.4. The molecular weight excluding hydrogens is 698 g/mol. The fourth-order valence-electron chi connectivity index (χ4n) is 4.87. The van der Waals surface area contributed by atoms with Crippen molar-refractivity contribution in [3.8, 4) is 0 Å². The summed E-state index contributed by atoms with van der Waals surface area (Å²) in [6.45, 7) is 11.9. The Labute approximate surface area is 309 Å². The first-order valence-electron chi connectivity index (χ1n) is 17.1. The Morgan fingerprint density at radius 1 is 0.865 bits per heavy atom. The monoisotopic (exact) mass is 749 g/mol. The molecule has 2 aliphatic rings. The van der Waals surface area contributed by atoms with Gasteiger partial charge in [-0.1, -0.05) is 37.4 Å². The zero-order chi connectivity index (χ0) is 37.6. The van der Waals surface area contributed by atoms with E-state index in [9.17, 15) is 19.5 Å². The maximum absolute atomic E-state index is 13.2. The van der Waals surface area contributed by atoms with Gasteiger partial charge < -0.3 is 53.1 Å². The molecule has 0 aromatic heterocycles. The number of aliphatic hydroxyl groups is 1. The van der Waals surface area contributed by atoms with E-state index in [1.807, 2.05) is 42.5 Å². The van der Waals surface area contributed by atoms with Crippen LogP contribution in [0, 0.1) is 5.92 Å². The van der Waals surface area contributed by atoms with Gasteiger partial charge in [-0.2, -0.15) is 0 Å². The largest absolute Gasteiger partial charge is 0.493 e. The van der Waals surface area contributed by atoms with Crippen LogP contribution in [0.25, 0.3) is 0 Å². The van der Waals surface area contributed by atoms with Crippen LogP contribution in [0.1, 0.15) is 24.2 Å². The average molecular weight is 750 g/mol. The van der Waals surface area contributed by atoms with Gasteiger partial charge in [0.1, 0.15) is 25.6 Å². The summed E-state index contributed by atoms with van der Waals surface area (Å²) in [5.41, 5.74) is -0.333. The third kappa shape index (κ3) is 15.3. The molecule has 0 saturated heterocycles. The lowest BCUT2D eigenvalue weighted by Crippen LogP contribution is -2.57. The number of fused-ring (bicyclic) bond motifs is 2. The number of nitrogens with one attached hydrogen (secondary N) is 1. The lowest BCUT2D eigenvalue weighted by molar-refractivity contribution is -0.182. The molecule has 4 unspecified atom stereocenters. The van der Waals surface area contributed by atoms with E-state index in [2.05, 4.69) is 18.5 Å². The summed E-state index contributed by atoms with van der Waals surface area (Å²) in [7, 11) is 0. The van der Waals surface area contributed by atoms with E-state index in [0.29, 0.717) is 12.3 Å². The number of aliphatic hydroxyl groups excluding tert-OH is 1. The second-order valence-electron chi connectivity index (χ2n) is 11.6. The molecule has 52 heavy (non-hydrogen) atoms. The van der Waals surface area contributed by atoms with Crippen LogP contribution in [-0.2, 0) is 52.2 Å². The van der Waals surface area contributed by atoms with E-state index < -0.39 is 30.1 Å². The van der Waals surface area contributed by atoms with Crippen LogP contribution >= 0.6 is 11.8 Å². The molecule has 0 spiro atoms. The minimum absolute atomic E-state index is 0.0137. The molecule has 0 fully saturated rings. The Kier molecular flexibility index (Phi) is 19.9. The molecule has 1 aliphatic carbocycles. The quantitative estimate of drug-likeness (QED) is 0.0555. The van der Waals surface area contributed by atoms with Gasteiger partial charge in [-0.3, -0.25) is 4.79 Å². The number of carbonyl (C=O) groups excluding carboxylic acids is 3. The van der Waals surface area contributed by atoms with E-state index in [4.69, 9.17) is 42.6 Å². The summed E-state index contributed by atoms with van der Waals surface area (Å²) in [6.07, 6.45) is 6.62. The second-order valence-corrected chi connectivity index (χ2v) is 12.8. The van der Waals surface area contributed by atoms with E-state index in [1.165, 1.54) is 0 Å². The molecule has 14 nitrogen and oxygen atoms in total. The van der Waals surface area contributed by atoms with Crippen molar-refractivity contribution in [3.05, 3.63) is 79.1 Å². The Balaban J connectivity index is 1.47. The fourth-order valence-corrected chi connectivity index (χ4v) is 6.12. The smallest absolute Gasteiger partial charge is 0.330 e. The number of allylic oxidation sites excluding steroid dienone is 2. The van der Waals surface area contributed by atoms with E-state index in [1.54, 1.807) is 25.6 Å². The van der Waals surface area contributed by atoms with Crippen LogP contribution in [0.15, 0.2) is 78.5 Å². The molecule has 288 valence electrons. The molecule has 1 aliphatic heterocycles. The molecule has 0 saturated carbocycles. The average Bonchev–Trinajstić information content (AvgIpc) is 3.16. The number of ether oxygens (including phenoxy) is 9. The van der Waals surface area contributed by atoms with Gasteiger partial charge in [-0.05, 0) is 32.1 Å². The van der Waals surface area contributed by atoms with Gasteiger partial charge in [0.2, 0.25) is 0 Å². The molecule has 2 N–H and O–H groups in total. The molecule has 15 heteroatoms. The predicted molar refractivity (Wildman–Crippen MR) is 192 cm³/mol. The maximum atomic E-state index is 13.2. The highest BCUT2D eigenvalue weighted by molar-refractivity contribution is 8.00. The number of thioether (sulfide) groups is 1. The minimum Gasteiger partial charge on any atom is -0.493 e. The van der Waals surface area contributed by atoms with Gasteiger partial charge >= 0.3 is 11.9 Å². The van der Waals surface area contributed by atoms with Crippen LogP contribution in [0.2, 0.25) is 0 Å². The Morgan fingerprint density at radius 2 is 1.44 bits per heavy atom. The van der Waals surface area contributed by atoms with Crippen LogP contribution in [0.3, 0.4) is 0 Å². The first-order valence-corrected chi connectivity index (χ1v) is 18.0. The summed E-state index contributed by atoms with van der Waals surface area (Å²) < 4.78 is 49.8. The van der Waals surface area contributed by atoms with E-state index in [0.717, 1.165) is 22.6 Å². The number of hydrogen-bond acceptors (Lipinski definition) is 15. The maximum Gasteiger partial charge on any atom is 0.330 e. The Morgan fingerprint density at radius 3 is 2.02 bits per heavy atom. The van der Waals surface area contributed by atoms with Crippen molar-refractivity contribution in [1.82, 2.24) is 5.32 Å². The van der Waals surface area contributed by atoms with Crippen molar-refractivity contribution >= 4 is 29.5 Å². The number of ketones is 1. The van der Waals surface area contributed by atoms with E-state index in [-0.39, 0.29) is 96.2 Å². The summed E-state index contributed by atoms with van der Waals surface area (Å²) in [6, 6.07) is 7.63. The molecule has 0 bridgehead atoms. The first-order chi connectivity index (χ1) is 25.2. The molecule has 3 rings (SSSR count). The van der Waals surface area contributed by atoms with Crippen molar-refractivity contribution in [2.45, 2.75) is 42.1 Å². The molecule has 1 aromatic carbocycles. The van der Waals surface area contributed by atoms with Crippen LogP contribution in [-0.4, -0.2) is 132 Å². The van der Waals surface area contributed by atoms with Crippen molar-refractivity contribution < 1.29 is 62.1 Å².